The minimum absolute atomic E-state index is 0.0366. The zero-order chi connectivity index (χ0) is 21.2. The van der Waals surface area contributed by atoms with Crippen molar-refractivity contribution < 1.29 is 22.7 Å². The summed E-state index contributed by atoms with van der Waals surface area (Å²) in [7, 11) is 0. The Morgan fingerprint density at radius 1 is 1.24 bits per heavy atom. The second-order valence-electron chi connectivity index (χ2n) is 6.15. The highest BCUT2D eigenvalue weighted by Gasteiger charge is 2.39. The maximum Gasteiger partial charge on any atom is 0.471 e. The minimum Gasteiger partial charge on any atom is -0.486 e. The largest absolute Gasteiger partial charge is 0.486 e. The molecule has 3 aromatic rings. The number of ether oxygens (including phenoxy) is 1. The topological polar surface area (TPSA) is 64.1 Å². The summed E-state index contributed by atoms with van der Waals surface area (Å²) in [6, 6.07) is 9.08. The molecule has 1 amide bonds. The third-order valence-electron chi connectivity index (χ3n) is 4.02. The number of nitrogens with zero attached hydrogens (tertiary/aromatic N) is 2. The summed E-state index contributed by atoms with van der Waals surface area (Å²) >= 11 is 12.4. The fraction of sp³-hybridized carbons (Fsp3) is 0.211. The van der Waals surface area contributed by atoms with Crippen molar-refractivity contribution in [3.05, 3.63) is 64.0 Å². The lowest BCUT2D eigenvalue weighted by Gasteiger charge is -2.17. The van der Waals surface area contributed by atoms with Crippen LogP contribution in [0.4, 0.5) is 13.2 Å². The Balaban J connectivity index is 1.85. The van der Waals surface area contributed by atoms with Gasteiger partial charge in [-0.05, 0) is 31.2 Å². The van der Waals surface area contributed by atoms with Gasteiger partial charge in [-0.15, -0.1) is 0 Å². The molecule has 0 bridgehead atoms. The van der Waals surface area contributed by atoms with Gasteiger partial charge in [0, 0.05) is 23.2 Å². The maximum absolute atomic E-state index is 12.5. The van der Waals surface area contributed by atoms with Crippen LogP contribution in [0.5, 0.6) is 5.75 Å². The zero-order valence-corrected chi connectivity index (χ0v) is 16.4. The molecule has 0 aliphatic heterocycles. The van der Waals surface area contributed by atoms with Gasteiger partial charge in [0.25, 0.3) is 0 Å². The highest BCUT2D eigenvalue weighted by atomic mass is 35.5. The van der Waals surface area contributed by atoms with E-state index in [4.69, 9.17) is 27.9 Å². The predicted molar refractivity (Wildman–Crippen MR) is 103 cm³/mol. The fourth-order valence-corrected chi connectivity index (χ4v) is 3.11. The lowest BCUT2D eigenvalue weighted by atomic mass is 10.1. The highest BCUT2D eigenvalue weighted by molar-refractivity contribution is 6.33. The number of pyridine rings is 2. The third-order valence-corrected chi connectivity index (χ3v) is 4.62. The van der Waals surface area contributed by atoms with E-state index in [1.807, 2.05) is 11.4 Å². The second-order valence-corrected chi connectivity index (χ2v) is 6.91. The molecule has 1 N–H and O–H groups in total. The molecular weight excluding hydrogens is 430 g/mol. The Kier molecular flexibility index (Phi) is 6.14. The molecule has 0 fully saturated rings. The van der Waals surface area contributed by atoms with Crippen LogP contribution in [0.3, 0.4) is 0 Å². The van der Waals surface area contributed by atoms with Crippen LogP contribution in [-0.4, -0.2) is 22.1 Å². The van der Waals surface area contributed by atoms with Crippen molar-refractivity contribution in [3.8, 4) is 5.75 Å². The Hall–Kier alpha value is -2.58. The van der Waals surface area contributed by atoms with Gasteiger partial charge in [-0.1, -0.05) is 29.3 Å². The van der Waals surface area contributed by atoms with Crippen molar-refractivity contribution >= 4 is 40.0 Å². The average molecular weight is 444 g/mol. The predicted octanol–water partition coefficient (Wildman–Crippen LogP) is 5.26. The van der Waals surface area contributed by atoms with E-state index in [1.165, 1.54) is 13.0 Å². The van der Waals surface area contributed by atoms with Crippen molar-refractivity contribution in [3.63, 3.8) is 0 Å². The summed E-state index contributed by atoms with van der Waals surface area (Å²) in [5.74, 6) is -1.70. The number of carbonyl (C=O) groups is 1. The number of amides is 1. The van der Waals surface area contributed by atoms with E-state index in [0.717, 1.165) is 0 Å². The number of benzene rings is 1. The van der Waals surface area contributed by atoms with Gasteiger partial charge in [0.05, 0.1) is 22.3 Å². The molecule has 0 saturated carbocycles. The first-order valence-electron chi connectivity index (χ1n) is 8.35. The van der Waals surface area contributed by atoms with Gasteiger partial charge in [0.2, 0.25) is 0 Å². The first-order chi connectivity index (χ1) is 13.6. The third kappa shape index (κ3) is 5.07. The number of rotatable bonds is 5. The molecule has 3 rings (SSSR count). The lowest BCUT2D eigenvalue weighted by molar-refractivity contribution is -0.174. The van der Waals surface area contributed by atoms with Crippen molar-refractivity contribution in [2.24, 2.45) is 0 Å². The molecule has 2 aromatic heterocycles. The summed E-state index contributed by atoms with van der Waals surface area (Å²) in [4.78, 5) is 19.5. The van der Waals surface area contributed by atoms with Crippen molar-refractivity contribution in [1.29, 1.82) is 0 Å². The van der Waals surface area contributed by atoms with Crippen LogP contribution < -0.4 is 10.1 Å². The van der Waals surface area contributed by atoms with Gasteiger partial charge in [-0.2, -0.15) is 13.2 Å². The molecule has 29 heavy (non-hydrogen) atoms. The first kappa shape index (κ1) is 21.1. The molecular formula is C19H14Cl2F3N3O2. The van der Waals surface area contributed by atoms with Crippen LogP contribution in [0.15, 0.2) is 42.6 Å². The maximum atomic E-state index is 12.5. The van der Waals surface area contributed by atoms with E-state index in [0.29, 0.717) is 22.3 Å². The first-order valence-corrected chi connectivity index (χ1v) is 9.11. The molecule has 0 unspecified atom stereocenters. The van der Waals surface area contributed by atoms with Crippen LogP contribution in [0.1, 0.15) is 24.2 Å². The highest BCUT2D eigenvalue weighted by Crippen LogP contribution is 2.33. The Morgan fingerprint density at radius 2 is 2.00 bits per heavy atom. The van der Waals surface area contributed by atoms with Gasteiger partial charge in [0.15, 0.2) is 0 Å². The standard InChI is InChI=1S/C19H14Cl2F3N3O2/c1-10(26-18(28)19(22,23)24)13-6-11-7-14(20)16(8-15(11)27-17(13)21)29-9-12-4-2-3-5-25-12/h2-8,10H,9H2,1H3,(H,26,28)/t10-/m0/s1. The summed E-state index contributed by atoms with van der Waals surface area (Å²) in [6.07, 6.45) is -3.35. The van der Waals surface area contributed by atoms with E-state index in [-0.39, 0.29) is 22.3 Å². The van der Waals surface area contributed by atoms with E-state index in [2.05, 4.69) is 9.97 Å². The molecule has 5 nitrogen and oxygen atoms in total. The molecule has 0 aliphatic rings. The number of nitrogens with one attached hydrogen (secondary N) is 1. The van der Waals surface area contributed by atoms with Gasteiger partial charge >= 0.3 is 12.1 Å². The number of aromatic nitrogens is 2. The van der Waals surface area contributed by atoms with Crippen LogP contribution in [0.2, 0.25) is 10.2 Å². The minimum atomic E-state index is -4.99. The number of hydrogen-bond donors (Lipinski definition) is 1. The Labute approximate surface area is 173 Å². The molecule has 152 valence electrons. The smallest absolute Gasteiger partial charge is 0.471 e. The Bertz CT molecular complexity index is 1050. The zero-order valence-electron chi connectivity index (χ0n) is 14.9. The van der Waals surface area contributed by atoms with Crippen LogP contribution in [0, 0.1) is 0 Å². The van der Waals surface area contributed by atoms with Crippen LogP contribution in [0.25, 0.3) is 10.9 Å². The van der Waals surface area contributed by atoms with E-state index in [1.54, 1.807) is 30.5 Å². The van der Waals surface area contributed by atoms with Gasteiger partial charge in [0.1, 0.15) is 17.5 Å². The van der Waals surface area contributed by atoms with Gasteiger partial charge < -0.3 is 10.1 Å². The van der Waals surface area contributed by atoms with E-state index < -0.39 is 18.1 Å². The number of carbonyl (C=O) groups excluding carboxylic acids is 1. The molecule has 1 atom stereocenters. The number of alkyl halides is 3. The lowest BCUT2D eigenvalue weighted by Crippen LogP contribution is -2.38. The summed E-state index contributed by atoms with van der Waals surface area (Å²) in [6.45, 7) is 1.57. The van der Waals surface area contributed by atoms with Crippen molar-refractivity contribution in [2.75, 3.05) is 0 Å². The van der Waals surface area contributed by atoms with Crippen LogP contribution >= 0.6 is 23.2 Å². The number of hydrogen-bond acceptors (Lipinski definition) is 4. The van der Waals surface area contributed by atoms with Gasteiger partial charge in [-0.25, -0.2) is 4.98 Å². The van der Waals surface area contributed by atoms with E-state index in [9.17, 15) is 18.0 Å². The summed E-state index contributed by atoms with van der Waals surface area (Å²) in [5.41, 5.74) is 1.38. The second kappa shape index (κ2) is 8.42. The molecule has 0 aliphatic carbocycles. The number of fused-ring (bicyclic) bond motifs is 1. The van der Waals surface area contributed by atoms with Crippen molar-refractivity contribution in [2.45, 2.75) is 25.7 Å². The molecule has 0 spiro atoms. The van der Waals surface area contributed by atoms with Gasteiger partial charge in [-0.3, -0.25) is 9.78 Å². The summed E-state index contributed by atoms with van der Waals surface area (Å²) < 4.78 is 43.1. The molecule has 2 heterocycles. The summed E-state index contributed by atoms with van der Waals surface area (Å²) in [5, 5.41) is 2.64. The molecule has 0 radical (unpaired) electrons. The van der Waals surface area contributed by atoms with Crippen LogP contribution in [-0.2, 0) is 11.4 Å². The fourth-order valence-electron chi connectivity index (χ4n) is 2.57. The molecule has 1 aromatic carbocycles. The SMILES string of the molecule is C[C@H](NC(=O)C(F)(F)F)c1cc2cc(Cl)c(OCc3ccccn3)cc2nc1Cl. The molecule has 0 saturated heterocycles. The molecule has 10 heteroatoms. The quantitative estimate of drug-likeness (QED) is 0.546. The van der Waals surface area contributed by atoms with Crippen molar-refractivity contribution in [1.82, 2.24) is 15.3 Å². The normalized spacial score (nSPS) is 12.6. The Morgan fingerprint density at radius 3 is 2.66 bits per heavy atom. The average Bonchev–Trinajstić information content (AvgIpc) is 2.66. The number of halogens is 5. The van der Waals surface area contributed by atoms with E-state index >= 15 is 0 Å². The monoisotopic (exact) mass is 443 g/mol.